The van der Waals surface area contributed by atoms with E-state index in [9.17, 15) is 4.79 Å². The molecule has 1 N–H and O–H groups in total. The van der Waals surface area contributed by atoms with Crippen molar-refractivity contribution in [1.82, 2.24) is 15.2 Å². The highest BCUT2D eigenvalue weighted by Crippen LogP contribution is 2.47. The van der Waals surface area contributed by atoms with E-state index in [1.807, 2.05) is 6.92 Å². The molecule has 1 aromatic heterocycles. The summed E-state index contributed by atoms with van der Waals surface area (Å²) in [7, 11) is 0. The van der Waals surface area contributed by atoms with E-state index in [0.29, 0.717) is 30.4 Å². The molecule has 1 spiro atoms. The average molecular weight is 488 g/mol. The van der Waals surface area contributed by atoms with Crippen molar-refractivity contribution >= 4 is 5.91 Å². The number of likely N-dealkylation sites (tertiary alicyclic amines) is 1. The number of ether oxygens (including phenoxy) is 1. The minimum Gasteiger partial charge on any atom is -0.477 e. The van der Waals surface area contributed by atoms with Crippen molar-refractivity contribution in [3.8, 4) is 5.88 Å². The van der Waals surface area contributed by atoms with Gasteiger partial charge in [0, 0.05) is 42.3 Å². The molecule has 2 saturated heterocycles. The lowest BCUT2D eigenvalue weighted by Crippen LogP contribution is -2.54. The van der Waals surface area contributed by atoms with Crippen LogP contribution in [0.5, 0.6) is 5.88 Å². The number of carbonyl (C=O) groups is 1. The van der Waals surface area contributed by atoms with Crippen LogP contribution in [0, 0.1) is 18.8 Å². The van der Waals surface area contributed by atoms with Crippen LogP contribution in [0.15, 0.2) is 42.5 Å². The van der Waals surface area contributed by atoms with E-state index < -0.39 is 0 Å². The Hall–Kier alpha value is -2.40. The first-order chi connectivity index (χ1) is 17.7. The molecule has 0 bridgehead atoms. The summed E-state index contributed by atoms with van der Waals surface area (Å²) in [5.74, 6) is 2.25. The Balaban J connectivity index is 1.31. The number of nitrogens with zero attached hydrogens (tertiary/aromatic N) is 2. The molecule has 5 heteroatoms. The van der Waals surface area contributed by atoms with Crippen molar-refractivity contribution in [2.24, 2.45) is 11.8 Å². The van der Waals surface area contributed by atoms with Crippen LogP contribution in [-0.2, 0) is 10.2 Å². The molecular formula is C31H41N3O2. The molecule has 4 aliphatic rings. The number of hydrogen-bond donors (Lipinski definition) is 1. The largest absolute Gasteiger partial charge is 0.477 e. The highest BCUT2D eigenvalue weighted by Gasteiger charge is 2.52. The summed E-state index contributed by atoms with van der Waals surface area (Å²) in [4.78, 5) is 21.7. The fourth-order valence-electron chi connectivity index (χ4n) is 7.81. The number of aryl methyl sites for hydroxylation is 1. The second-order valence-corrected chi connectivity index (χ2v) is 11.7. The number of hydrogen-bond acceptors (Lipinski definition) is 4. The molecule has 1 aliphatic carbocycles. The fraction of sp³-hybridized carbons (Fsp3) is 0.613. The van der Waals surface area contributed by atoms with Crippen LogP contribution in [-0.4, -0.2) is 48.1 Å². The normalized spacial score (nSPS) is 31.0. The lowest BCUT2D eigenvalue weighted by atomic mass is 9.68. The summed E-state index contributed by atoms with van der Waals surface area (Å²) >= 11 is 0. The van der Waals surface area contributed by atoms with Crippen LogP contribution < -0.4 is 10.1 Å². The number of nitrogens with one attached hydrogen (secondary N) is 1. The van der Waals surface area contributed by atoms with Crippen molar-refractivity contribution in [3.63, 3.8) is 0 Å². The lowest BCUT2D eigenvalue weighted by Gasteiger charge is -2.47. The van der Waals surface area contributed by atoms with Crippen molar-refractivity contribution in [2.45, 2.75) is 82.1 Å². The average Bonchev–Trinajstić information content (AvgIpc) is 3.27. The first kappa shape index (κ1) is 24.0. The second-order valence-electron chi connectivity index (χ2n) is 11.7. The molecule has 36 heavy (non-hydrogen) atoms. The maximum atomic E-state index is 14.6. The summed E-state index contributed by atoms with van der Waals surface area (Å²) in [6, 6.07) is 15.6. The van der Waals surface area contributed by atoms with E-state index in [0.717, 1.165) is 62.5 Å². The Morgan fingerprint density at radius 1 is 1.06 bits per heavy atom. The van der Waals surface area contributed by atoms with Gasteiger partial charge in [-0.3, -0.25) is 4.79 Å². The van der Waals surface area contributed by atoms with Crippen LogP contribution in [0.3, 0.4) is 0 Å². The number of aromatic nitrogens is 1. The van der Waals surface area contributed by atoms with Crippen LogP contribution in [0.2, 0.25) is 0 Å². The number of fused-ring (bicyclic) bond motifs is 2. The van der Waals surface area contributed by atoms with E-state index in [2.05, 4.69) is 52.7 Å². The molecule has 2 aromatic rings. The van der Waals surface area contributed by atoms with Gasteiger partial charge in [-0.1, -0.05) is 55.7 Å². The topological polar surface area (TPSA) is 54.5 Å². The molecule has 6 rings (SSSR count). The molecule has 192 valence electrons. The van der Waals surface area contributed by atoms with Gasteiger partial charge in [-0.05, 0) is 68.9 Å². The van der Waals surface area contributed by atoms with Gasteiger partial charge >= 0.3 is 0 Å². The zero-order valence-electron chi connectivity index (χ0n) is 21.8. The standard InChI is InChI=1S/C31H41N3O2/c1-22-13-14-26-29(33-22)36-18-8-16-31(26)21-32-20-27(31)30(35)34-17-15-25(23-9-4-2-5-10-23)19-28(34)24-11-6-3-7-12-24/h2,4-5,9-10,13-14,24-25,27-28,32H,3,6-8,11-12,15-21H2,1H3/t25-,27?,28+,31+/m1/s1. The Bertz CT molecular complexity index is 1070. The highest BCUT2D eigenvalue weighted by atomic mass is 16.5. The van der Waals surface area contributed by atoms with Gasteiger partial charge in [-0.25, -0.2) is 4.98 Å². The summed E-state index contributed by atoms with van der Waals surface area (Å²) in [6.45, 7) is 5.16. The predicted octanol–water partition coefficient (Wildman–Crippen LogP) is 5.37. The van der Waals surface area contributed by atoms with Gasteiger partial charge in [0.15, 0.2) is 0 Å². The third-order valence-corrected chi connectivity index (χ3v) is 9.69. The molecule has 1 aromatic carbocycles. The second kappa shape index (κ2) is 10.2. The minimum atomic E-state index is -0.225. The zero-order valence-corrected chi connectivity index (χ0v) is 21.8. The van der Waals surface area contributed by atoms with Crippen molar-refractivity contribution in [3.05, 3.63) is 59.3 Å². The quantitative estimate of drug-likeness (QED) is 0.632. The van der Waals surface area contributed by atoms with Crippen LogP contribution in [0.4, 0.5) is 0 Å². The molecule has 1 amide bonds. The lowest BCUT2D eigenvalue weighted by molar-refractivity contribution is -0.142. The van der Waals surface area contributed by atoms with Gasteiger partial charge in [0.2, 0.25) is 11.8 Å². The Morgan fingerprint density at radius 3 is 2.72 bits per heavy atom. The minimum absolute atomic E-state index is 0.0539. The van der Waals surface area contributed by atoms with Gasteiger partial charge in [-0.15, -0.1) is 0 Å². The van der Waals surface area contributed by atoms with E-state index in [1.165, 1.54) is 37.7 Å². The Labute approximate surface area is 216 Å². The third kappa shape index (κ3) is 4.34. The Morgan fingerprint density at radius 2 is 1.89 bits per heavy atom. The number of carbonyl (C=O) groups excluding carboxylic acids is 1. The van der Waals surface area contributed by atoms with Crippen LogP contribution in [0.1, 0.15) is 80.5 Å². The van der Waals surface area contributed by atoms with Crippen molar-refractivity contribution in [2.75, 3.05) is 26.2 Å². The number of piperidine rings is 1. The SMILES string of the molecule is Cc1ccc2c(n1)OCCC[C@]21CNCC1C(=O)N1CC[C@@H](c2ccccc2)C[C@H]1C1CCCCC1. The number of pyridine rings is 1. The highest BCUT2D eigenvalue weighted by molar-refractivity contribution is 5.82. The number of rotatable bonds is 3. The van der Waals surface area contributed by atoms with Crippen LogP contribution in [0.25, 0.3) is 0 Å². The molecule has 3 aliphatic heterocycles. The maximum Gasteiger partial charge on any atom is 0.228 e. The molecule has 5 nitrogen and oxygen atoms in total. The van der Waals surface area contributed by atoms with Gasteiger partial charge < -0.3 is 15.0 Å². The molecule has 1 saturated carbocycles. The van der Waals surface area contributed by atoms with Gasteiger partial charge in [0.1, 0.15) is 0 Å². The summed E-state index contributed by atoms with van der Waals surface area (Å²) in [5, 5.41) is 3.63. The molecule has 3 fully saturated rings. The van der Waals surface area contributed by atoms with E-state index in [-0.39, 0.29) is 11.3 Å². The Kier molecular flexibility index (Phi) is 6.76. The first-order valence-corrected chi connectivity index (χ1v) is 14.3. The smallest absolute Gasteiger partial charge is 0.228 e. The summed E-state index contributed by atoms with van der Waals surface area (Å²) in [5.41, 5.74) is 3.33. The van der Waals surface area contributed by atoms with Crippen LogP contribution >= 0.6 is 0 Å². The van der Waals surface area contributed by atoms with Crippen molar-refractivity contribution < 1.29 is 9.53 Å². The summed E-state index contributed by atoms with van der Waals surface area (Å²) < 4.78 is 6.11. The fourth-order valence-corrected chi connectivity index (χ4v) is 7.81. The first-order valence-electron chi connectivity index (χ1n) is 14.3. The monoisotopic (exact) mass is 487 g/mol. The van der Waals surface area contributed by atoms with Gasteiger partial charge in [-0.2, -0.15) is 0 Å². The van der Waals surface area contributed by atoms with Crippen molar-refractivity contribution in [1.29, 1.82) is 0 Å². The third-order valence-electron chi connectivity index (χ3n) is 9.69. The molecule has 4 atom stereocenters. The molecule has 4 heterocycles. The molecule has 0 radical (unpaired) electrons. The molecule has 1 unspecified atom stereocenters. The van der Waals surface area contributed by atoms with Gasteiger partial charge in [0.25, 0.3) is 0 Å². The maximum absolute atomic E-state index is 14.6. The van der Waals surface area contributed by atoms with E-state index >= 15 is 0 Å². The summed E-state index contributed by atoms with van der Waals surface area (Å²) in [6.07, 6.45) is 10.6. The zero-order chi connectivity index (χ0) is 24.5. The molecular weight excluding hydrogens is 446 g/mol. The number of amides is 1. The number of benzene rings is 1. The van der Waals surface area contributed by atoms with E-state index in [1.54, 1.807) is 0 Å². The predicted molar refractivity (Wildman–Crippen MR) is 142 cm³/mol. The van der Waals surface area contributed by atoms with Gasteiger partial charge in [0.05, 0.1) is 12.5 Å². The van der Waals surface area contributed by atoms with E-state index in [4.69, 9.17) is 9.72 Å².